The molecule has 2 aromatic rings. The molecule has 21 heavy (non-hydrogen) atoms. The number of benzene rings is 1. The number of likely N-dealkylation sites (N-methyl/N-ethyl adjacent to an activating group) is 1. The Labute approximate surface area is 140 Å². The molecule has 2 rings (SSSR count). The third-order valence-electron chi connectivity index (χ3n) is 3.37. The van der Waals surface area contributed by atoms with Gasteiger partial charge in [-0.3, -0.25) is 0 Å². The Hall–Kier alpha value is -0.370. The molecule has 0 saturated heterocycles. The molecule has 1 aromatic heterocycles. The number of hydrogen-bond acceptors (Lipinski definition) is 4. The number of hydrogen-bond donors (Lipinski definition) is 1. The monoisotopic (exact) mass is 368 g/mol. The minimum absolute atomic E-state index is 0. The van der Waals surface area contributed by atoms with Crippen molar-refractivity contribution >= 4 is 55.5 Å². The van der Waals surface area contributed by atoms with Gasteiger partial charge in [0.2, 0.25) is 10.0 Å². The summed E-state index contributed by atoms with van der Waals surface area (Å²) in [5.41, 5.74) is 5.57. The van der Waals surface area contributed by atoms with Crippen LogP contribution in [0.15, 0.2) is 23.1 Å². The largest absolute Gasteiger partial charge is 0.329 e. The summed E-state index contributed by atoms with van der Waals surface area (Å²) in [7, 11) is -2.02. The summed E-state index contributed by atoms with van der Waals surface area (Å²) in [6.45, 7) is 3.87. The lowest BCUT2D eigenvalue weighted by molar-refractivity contribution is 0.395. The van der Waals surface area contributed by atoms with E-state index in [0.29, 0.717) is 15.3 Å². The number of sulfonamides is 1. The van der Waals surface area contributed by atoms with Crippen LogP contribution in [0, 0.1) is 6.92 Å². The van der Waals surface area contributed by atoms with E-state index in [4.69, 9.17) is 17.3 Å². The van der Waals surface area contributed by atoms with E-state index in [2.05, 4.69) is 0 Å². The highest BCUT2D eigenvalue weighted by atomic mass is 35.5. The van der Waals surface area contributed by atoms with Gasteiger partial charge >= 0.3 is 0 Å². The summed E-state index contributed by atoms with van der Waals surface area (Å²) in [5.74, 6) is 0. The molecular weight excluding hydrogens is 351 g/mol. The molecule has 1 heterocycles. The van der Waals surface area contributed by atoms with Gasteiger partial charge < -0.3 is 5.73 Å². The molecule has 0 aliphatic heterocycles. The van der Waals surface area contributed by atoms with E-state index < -0.39 is 10.0 Å². The van der Waals surface area contributed by atoms with Crippen molar-refractivity contribution in [1.82, 2.24) is 4.31 Å². The van der Waals surface area contributed by atoms with Crippen molar-refractivity contribution in [2.45, 2.75) is 24.8 Å². The molecule has 0 radical (unpaired) electrons. The first-order chi connectivity index (χ1) is 9.28. The van der Waals surface area contributed by atoms with Gasteiger partial charge in [-0.15, -0.1) is 23.7 Å². The maximum atomic E-state index is 12.8. The Balaban J connectivity index is 0.00000220. The van der Waals surface area contributed by atoms with Gasteiger partial charge in [-0.05, 0) is 32.0 Å². The summed E-state index contributed by atoms with van der Waals surface area (Å²) < 4.78 is 27.8. The zero-order valence-electron chi connectivity index (χ0n) is 12.0. The van der Waals surface area contributed by atoms with Gasteiger partial charge in [0, 0.05) is 39.6 Å². The smallest absolute Gasteiger partial charge is 0.244 e. The van der Waals surface area contributed by atoms with Gasteiger partial charge in [0.15, 0.2) is 0 Å². The maximum absolute atomic E-state index is 12.8. The van der Waals surface area contributed by atoms with Gasteiger partial charge in [0.05, 0.1) is 0 Å². The minimum Gasteiger partial charge on any atom is -0.329 e. The van der Waals surface area contributed by atoms with Crippen molar-refractivity contribution in [3.8, 4) is 0 Å². The van der Waals surface area contributed by atoms with Crippen molar-refractivity contribution in [3.63, 3.8) is 0 Å². The molecule has 0 aliphatic carbocycles. The van der Waals surface area contributed by atoms with Crippen LogP contribution >= 0.6 is 35.3 Å². The highest BCUT2D eigenvalue weighted by molar-refractivity contribution is 7.89. The van der Waals surface area contributed by atoms with Crippen molar-refractivity contribution in [1.29, 1.82) is 0 Å². The summed E-state index contributed by atoms with van der Waals surface area (Å²) >= 11 is 7.45. The predicted molar refractivity (Wildman–Crippen MR) is 92.3 cm³/mol. The molecule has 4 nitrogen and oxygen atoms in total. The molecule has 0 saturated carbocycles. The van der Waals surface area contributed by atoms with Crippen molar-refractivity contribution in [2.24, 2.45) is 5.73 Å². The van der Waals surface area contributed by atoms with Crippen LogP contribution in [0.25, 0.3) is 10.1 Å². The van der Waals surface area contributed by atoms with E-state index in [1.165, 1.54) is 15.6 Å². The quantitative estimate of drug-likeness (QED) is 0.900. The molecule has 1 atom stereocenters. The molecule has 0 bridgehead atoms. The van der Waals surface area contributed by atoms with E-state index in [0.717, 1.165) is 9.58 Å². The lowest BCUT2D eigenvalue weighted by Crippen LogP contribution is -2.39. The van der Waals surface area contributed by atoms with Gasteiger partial charge in [-0.25, -0.2) is 8.42 Å². The second-order valence-electron chi connectivity index (χ2n) is 4.73. The first-order valence-corrected chi connectivity index (χ1v) is 8.79. The van der Waals surface area contributed by atoms with Gasteiger partial charge in [-0.1, -0.05) is 11.6 Å². The molecule has 0 aliphatic rings. The fraction of sp³-hybridized carbons (Fsp3) is 0.385. The average Bonchev–Trinajstić information content (AvgIpc) is 2.72. The highest BCUT2D eigenvalue weighted by Crippen LogP contribution is 2.37. The van der Waals surface area contributed by atoms with Crippen molar-refractivity contribution in [3.05, 3.63) is 28.1 Å². The fourth-order valence-electron chi connectivity index (χ4n) is 2.02. The second kappa shape index (κ2) is 6.81. The van der Waals surface area contributed by atoms with Gasteiger partial charge in [0.1, 0.15) is 4.90 Å². The van der Waals surface area contributed by atoms with Crippen molar-refractivity contribution < 1.29 is 8.42 Å². The summed E-state index contributed by atoms with van der Waals surface area (Å²) in [6.07, 6.45) is 0. The number of aryl methyl sites for hydroxylation is 1. The zero-order valence-corrected chi connectivity index (χ0v) is 15.2. The van der Waals surface area contributed by atoms with Crippen LogP contribution in [0.2, 0.25) is 5.02 Å². The lowest BCUT2D eigenvalue weighted by Gasteiger charge is -2.23. The van der Waals surface area contributed by atoms with Crippen LogP contribution in [0.3, 0.4) is 0 Å². The van der Waals surface area contributed by atoms with Gasteiger partial charge in [-0.2, -0.15) is 4.31 Å². The fourth-order valence-corrected chi connectivity index (χ4v) is 5.29. The number of halogens is 2. The number of fused-ring (bicyclic) bond motifs is 1. The lowest BCUT2D eigenvalue weighted by atomic mass is 10.2. The third kappa shape index (κ3) is 3.36. The molecule has 0 amide bonds. The third-order valence-corrected chi connectivity index (χ3v) is 6.98. The van der Waals surface area contributed by atoms with Crippen LogP contribution in [0.5, 0.6) is 0 Å². The Morgan fingerprint density at radius 1 is 1.43 bits per heavy atom. The van der Waals surface area contributed by atoms with Crippen LogP contribution in [-0.2, 0) is 10.0 Å². The highest BCUT2D eigenvalue weighted by Gasteiger charge is 2.29. The Morgan fingerprint density at radius 3 is 2.62 bits per heavy atom. The number of rotatable bonds is 4. The molecular formula is C13H18Cl2N2O2S2. The Kier molecular flexibility index (Phi) is 6.06. The minimum atomic E-state index is -3.58. The van der Waals surface area contributed by atoms with Gasteiger partial charge in [0.25, 0.3) is 0 Å². The maximum Gasteiger partial charge on any atom is 0.244 e. The molecule has 2 N–H and O–H groups in total. The van der Waals surface area contributed by atoms with Crippen LogP contribution in [-0.4, -0.2) is 32.4 Å². The van der Waals surface area contributed by atoms with Crippen LogP contribution in [0.1, 0.15) is 11.8 Å². The number of thiophene rings is 1. The molecule has 0 spiro atoms. The molecule has 1 aromatic carbocycles. The predicted octanol–water partition coefficient (Wildman–Crippen LogP) is 3.25. The normalized spacial score (nSPS) is 13.4. The molecule has 8 heteroatoms. The molecule has 1 unspecified atom stereocenters. The number of nitrogens with two attached hydrogens (primary N) is 1. The topological polar surface area (TPSA) is 63.4 Å². The SMILES string of the molecule is Cc1sc2ccc(Cl)cc2c1S(=O)(=O)N(C)C(C)CN.Cl. The van der Waals surface area contributed by atoms with E-state index in [-0.39, 0.29) is 25.0 Å². The van der Waals surface area contributed by atoms with E-state index >= 15 is 0 Å². The summed E-state index contributed by atoms with van der Waals surface area (Å²) in [6, 6.07) is 5.06. The first-order valence-electron chi connectivity index (χ1n) is 6.15. The second-order valence-corrected chi connectivity index (χ2v) is 8.36. The first kappa shape index (κ1) is 18.7. The van der Waals surface area contributed by atoms with Crippen LogP contribution < -0.4 is 5.73 Å². The standard InChI is InChI=1S/C13H17ClN2O2S2.ClH/c1-8(7-15)16(3)20(17,18)13-9(2)19-12-5-4-10(14)6-11(12)13;/h4-6,8H,7,15H2,1-3H3;1H. The Morgan fingerprint density at radius 2 is 2.05 bits per heavy atom. The summed E-state index contributed by atoms with van der Waals surface area (Å²) in [5, 5.41) is 1.21. The summed E-state index contributed by atoms with van der Waals surface area (Å²) in [4.78, 5) is 1.10. The zero-order chi connectivity index (χ0) is 15.1. The van der Waals surface area contributed by atoms with E-state index in [1.807, 2.05) is 13.0 Å². The van der Waals surface area contributed by atoms with Crippen molar-refractivity contribution in [2.75, 3.05) is 13.6 Å². The Bertz CT molecular complexity index is 744. The molecule has 118 valence electrons. The number of nitrogens with zero attached hydrogens (tertiary/aromatic N) is 1. The van der Waals surface area contributed by atoms with E-state index in [9.17, 15) is 8.42 Å². The molecule has 0 fully saturated rings. The van der Waals surface area contributed by atoms with E-state index in [1.54, 1.807) is 26.1 Å². The van der Waals surface area contributed by atoms with Crippen LogP contribution in [0.4, 0.5) is 0 Å². The average molecular weight is 369 g/mol.